The minimum absolute atomic E-state index is 0.300. The molecule has 116 valence electrons. The van der Waals surface area contributed by atoms with Crippen molar-refractivity contribution in [1.82, 2.24) is 0 Å². The van der Waals surface area contributed by atoms with Crippen LogP contribution in [0.15, 0.2) is 41.0 Å². The van der Waals surface area contributed by atoms with Gasteiger partial charge in [0.25, 0.3) is 0 Å². The average Bonchev–Trinajstić information content (AvgIpc) is 2.59. The monoisotopic (exact) mass is 303 g/mol. The Labute approximate surface area is 128 Å². The van der Waals surface area contributed by atoms with Crippen molar-refractivity contribution in [3.05, 3.63) is 41.6 Å². The van der Waals surface area contributed by atoms with E-state index in [2.05, 4.69) is 4.99 Å². The molecule has 0 spiro atoms. The first-order chi connectivity index (χ1) is 10.6. The van der Waals surface area contributed by atoms with Crippen LogP contribution in [0.5, 0.6) is 5.75 Å². The lowest BCUT2D eigenvalue weighted by molar-refractivity contribution is -0.143. The number of ether oxygens (including phenoxy) is 3. The molecule has 1 aromatic carbocycles. The Kier molecular flexibility index (Phi) is 4.93. The van der Waals surface area contributed by atoms with Crippen LogP contribution in [-0.2, 0) is 19.1 Å². The summed E-state index contributed by atoms with van der Waals surface area (Å²) in [6, 6.07) is 7.17. The molecule has 0 bridgehead atoms. The molecule has 1 heterocycles. The molecule has 6 heteroatoms. The second kappa shape index (κ2) is 6.89. The average molecular weight is 303 g/mol. The van der Waals surface area contributed by atoms with Crippen LogP contribution in [0.25, 0.3) is 0 Å². The number of rotatable bonds is 4. The predicted molar refractivity (Wildman–Crippen MR) is 79.8 cm³/mol. The van der Waals surface area contributed by atoms with Crippen molar-refractivity contribution in [2.75, 3.05) is 21.3 Å². The number of carbonyl (C=O) groups is 2. The number of hydrogen-bond donors (Lipinski definition) is 0. The van der Waals surface area contributed by atoms with Gasteiger partial charge in [-0.05, 0) is 17.7 Å². The van der Waals surface area contributed by atoms with Crippen molar-refractivity contribution in [2.24, 2.45) is 10.9 Å². The summed E-state index contributed by atoms with van der Waals surface area (Å²) in [5, 5.41) is 0. The number of nitrogens with zero attached hydrogens (tertiary/aromatic N) is 1. The SMILES string of the molecule is COC(=O)C1=CN=CC(C(=O)OC)C1c1cccc(OC)c1. The lowest BCUT2D eigenvalue weighted by Gasteiger charge is -2.26. The molecule has 1 aliphatic rings. The van der Waals surface area contributed by atoms with Crippen LogP contribution in [0.2, 0.25) is 0 Å². The van der Waals surface area contributed by atoms with E-state index in [4.69, 9.17) is 14.2 Å². The van der Waals surface area contributed by atoms with Crippen LogP contribution >= 0.6 is 0 Å². The van der Waals surface area contributed by atoms with Crippen LogP contribution in [0.1, 0.15) is 11.5 Å². The Bertz CT molecular complexity index is 635. The summed E-state index contributed by atoms with van der Waals surface area (Å²) in [5.74, 6) is -1.60. The number of methoxy groups -OCH3 is 3. The molecule has 6 nitrogen and oxygen atoms in total. The van der Waals surface area contributed by atoms with Crippen LogP contribution in [0.3, 0.4) is 0 Å². The van der Waals surface area contributed by atoms with E-state index in [1.165, 1.54) is 26.6 Å². The Balaban J connectivity index is 2.50. The Hall–Kier alpha value is -2.63. The molecule has 2 unspecified atom stereocenters. The third-order valence-corrected chi connectivity index (χ3v) is 3.50. The van der Waals surface area contributed by atoms with Gasteiger partial charge in [0, 0.05) is 18.3 Å². The van der Waals surface area contributed by atoms with E-state index in [0.29, 0.717) is 11.3 Å². The highest BCUT2D eigenvalue weighted by atomic mass is 16.5. The molecule has 0 radical (unpaired) electrons. The fourth-order valence-electron chi connectivity index (χ4n) is 2.43. The third kappa shape index (κ3) is 3.00. The molecule has 2 atom stereocenters. The maximum Gasteiger partial charge on any atom is 0.335 e. The minimum Gasteiger partial charge on any atom is -0.497 e. The minimum atomic E-state index is -0.698. The predicted octanol–water partition coefficient (Wildman–Crippen LogP) is 1.71. The first kappa shape index (κ1) is 15.8. The van der Waals surface area contributed by atoms with Gasteiger partial charge in [-0.1, -0.05) is 12.1 Å². The lowest BCUT2D eigenvalue weighted by atomic mass is 9.80. The summed E-state index contributed by atoms with van der Waals surface area (Å²) in [5.41, 5.74) is 1.05. The Morgan fingerprint density at radius 3 is 2.55 bits per heavy atom. The fraction of sp³-hybridized carbons (Fsp3) is 0.312. The molecular formula is C16H17NO5. The summed E-state index contributed by atoms with van der Waals surface area (Å²) in [4.78, 5) is 28.0. The van der Waals surface area contributed by atoms with Crippen LogP contribution < -0.4 is 4.74 Å². The van der Waals surface area contributed by atoms with Crippen molar-refractivity contribution < 1.29 is 23.8 Å². The molecule has 0 saturated heterocycles. The summed E-state index contributed by atoms with van der Waals surface area (Å²) in [7, 11) is 4.14. The Morgan fingerprint density at radius 2 is 1.91 bits per heavy atom. The van der Waals surface area contributed by atoms with Gasteiger partial charge in [0.2, 0.25) is 0 Å². The molecule has 0 saturated carbocycles. The highest BCUT2D eigenvalue weighted by Gasteiger charge is 2.37. The van der Waals surface area contributed by atoms with Gasteiger partial charge >= 0.3 is 11.9 Å². The van der Waals surface area contributed by atoms with E-state index in [9.17, 15) is 9.59 Å². The largest absolute Gasteiger partial charge is 0.497 e. The van der Waals surface area contributed by atoms with Gasteiger partial charge in [-0.3, -0.25) is 9.79 Å². The number of hydrogen-bond acceptors (Lipinski definition) is 6. The highest BCUT2D eigenvalue weighted by molar-refractivity contribution is 5.99. The topological polar surface area (TPSA) is 74.2 Å². The van der Waals surface area contributed by atoms with Crippen LogP contribution in [0.4, 0.5) is 0 Å². The van der Waals surface area contributed by atoms with E-state index in [1.807, 2.05) is 6.07 Å². The second-order valence-corrected chi connectivity index (χ2v) is 4.68. The first-order valence-electron chi connectivity index (χ1n) is 6.65. The van der Waals surface area contributed by atoms with Gasteiger partial charge in [-0.25, -0.2) is 4.79 Å². The standard InChI is InChI=1S/C16H17NO5/c1-20-11-6-4-5-10(7-11)14-12(15(18)21-2)8-17-9-13(14)16(19)22-3/h4-9,12,14H,1-3H3. The van der Waals surface area contributed by atoms with Gasteiger partial charge in [-0.15, -0.1) is 0 Å². The maximum absolute atomic E-state index is 12.0. The maximum atomic E-state index is 12.0. The number of benzene rings is 1. The molecular weight excluding hydrogens is 286 g/mol. The van der Waals surface area contributed by atoms with Crippen molar-refractivity contribution in [3.8, 4) is 5.75 Å². The molecule has 1 aliphatic heterocycles. The molecule has 0 amide bonds. The zero-order valence-electron chi connectivity index (χ0n) is 12.6. The molecule has 1 aromatic rings. The fourth-order valence-corrected chi connectivity index (χ4v) is 2.43. The van der Waals surface area contributed by atoms with Crippen molar-refractivity contribution in [1.29, 1.82) is 0 Å². The lowest BCUT2D eigenvalue weighted by Crippen LogP contribution is -2.31. The molecule has 2 rings (SSSR count). The number of esters is 2. The zero-order valence-corrected chi connectivity index (χ0v) is 12.6. The summed E-state index contributed by atoms with van der Waals surface area (Å²) >= 11 is 0. The quantitative estimate of drug-likeness (QED) is 0.792. The number of carbonyl (C=O) groups excluding carboxylic acids is 2. The highest BCUT2D eigenvalue weighted by Crippen LogP contribution is 2.36. The van der Waals surface area contributed by atoms with Crippen molar-refractivity contribution in [2.45, 2.75) is 5.92 Å². The zero-order chi connectivity index (χ0) is 16.1. The van der Waals surface area contributed by atoms with E-state index < -0.39 is 23.8 Å². The van der Waals surface area contributed by atoms with E-state index in [1.54, 1.807) is 25.3 Å². The Morgan fingerprint density at radius 1 is 1.14 bits per heavy atom. The molecule has 0 fully saturated rings. The molecule has 22 heavy (non-hydrogen) atoms. The van der Waals surface area contributed by atoms with Gasteiger partial charge in [0.1, 0.15) is 11.7 Å². The summed E-state index contributed by atoms with van der Waals surface area (Å²) in [6.07, 6.45) is 2.89. The van der Waals surface area contributed by atoms with E-state index >= 15 is 0 Å². The summed E-state index contributed by atoms with van der Waals surface area (Å²) in [6.45, 7) is 0. The van der Waals surface area contributed by atoms with Gasteiger partial charge in [0.05, 0.1) is 26.9 Å². The van der Waals surface area contributed by atoms with Gasteiger partial charge in [0.15, 0.2) is 0 Å². The number of aliphatic imine (C=N–C) groups is 1. The first-order valence-corrected chi connectivity index (χ1v) is 6.65. The normalized spacial score (nSPS) is 20.0. The van der Waals surface area contributed by atoms with Gasteiger partial charge < -0.3 is 14.2 Å². The smallest absolute Gasteiger partial charge is 0.335 e. The van der Waals surface area contributed by atoms with Crippen LogP contribution in [-0.4, -0.2) is 39.5 Å². The molecule has 0 aromatic heterocycles. The molecule has 0 N–H and O–H groups in total. The third-order valence-electron chi connectivity index (χ3n) is 3.50. The van der Waals surface area contributed by atoms with Gasteiger partial charge in [-0.2, -0.15) is 0 Å². The second-order valence-electron chi connectivity index (χ2n) is 4.68. The van der Waals surface area contributed by atoms with Crippen molar-refractivity contribution in [3.63, 3.8) is 0 Å². The van der Waals surface area contributed by atoms with Crippen molar-refractivity contribution >= 4 is 18.2 Å². The van der Waals surface area contributed by atoms with E-state index in [0.717, 1.165) is 5.56 Å². The summed E-state index contributed by atoms with van der Waals surface area (Å²) < 4.78 is 14.8. The van der Waals surface area contributed by atoms with E-state index in [-0.39, 0.29) is 0 Å². The molecule has 0 aliphatic carbocycles. The van der Waals surface area contributed by atoms with Crippen LogP contribution in [0, 0.1) is 5.92 Å².